The maximum Gasteiger partial charge on any atom is 0.320 e. The zero-order chi connectivity index (χ0) is 14.0. The van der Waals surface area contributed by atoms with Crippen molar-refractivity contribution in [3.63, 3.8) is 0 Å². The molecule has 2 saturated heterocycles. The smallest absolute Gasteiger partial charge is 0.320 e. The summed E-state index contributed by atoms with van der Waals surface area (Å²) in [6.45, 7) is 5.94. The summed E-state index contributed by atoms with van der Waals surface area (Å²) in [6.07, 6.45) is 3.30. The summed E-state index contributed by atoms with van der Waals surface area (Å²) in [5, 5.41) is 0. The SMILES string of the molecule is CC(CCN)N1CC(C2CCN(C)CC2)N(C)C1=O. The lowest BCUT2D eigenvalue weighted by Crippen LogP contribution is -2.42. The molecule has 0 spiro atoms. The summed E-state index contributed by atoms with van der Waals surface area (Å²) in [5.74, 6) is 0.653. The highest BCUT2D eigenvalue weighted by atomic mass is 16.2. The molecule has 0 radical (unpaired) electrons. The number of urea groups is 1. The lowest BCUT2D eigenvalue weighted by Gasteiger charge is -2.34. The molecule has 2 atom stereocenters. The van der Waals surface area contributed by atoms with E-state index in [-0.39, 0.29) is 12.1 Å². The van der Waals surface area contributed by atoms with Gasteiger partial charge in [-0.25, -0.2) is 4.79 Å². The first-order valence-corrected chi connectivity index (χ1v) is 7.46. The zero-order valence-corrected chi connectivity index (χ0v) is 12.5. The van der Waals surface area contributed by atoms with Crippen LogP contribution in [0.25, 0.3) is 0 Å². The average molecular weight is 268 g/mol. The van der Waals surface area contributed by atoms with Gasteiger partial charge in [0, 0.05) is 19.6 Å². The molecule has 2 rings (SSSR count). The van der Waals surface area contributed by atoms with Gasteiger partial charge in [0.1, 0.15) is 0 Å². The highest BCUT2D eigenvalue weighted by Gasteiger charge is 2.41. The zero-order valence-electron chi connectivity index (χ0n) is 12.5. The van der Waals surface area contributed by atoms with Gasteiger partial charge >= 0.3 is 6.03 Å². The summed E-state index contributed by atoms with van der Waals surface area (Å²) in [4.78, 5) is 18.7. The Morgan fingerprint density at radius 1 is 1.32 bits per heavy atom. The standard InChI is InChI=1S/C14H28N4O/c1-11(4-7-15)18-10-13(17(3)14(18)19)12-5-8-16(2)9-6-12/h11-13H,4-10,15H2,1-3H3. The van der Waals surface area contributed by atoms with Gasteiger partial charge in [0.15, 0.2) is 0 Å². The van der Waals surface area contributed by atoms with Crippen LogP contribution in [0.5, 0.6) is 0 Å². The Hall–Kier alpha value is -0.810. The number of rotatable bonds is 4. The van der Waals surface area contributed by atoms with Crippen LogP contribution in [0.15, 0.2) is 0 Å². The second-order valence-corrected chi connectivity index (χ2v) is 6.18. The van der Waals surface area contributed by atoms with E-state index >= 15 is 0 Å². The first kappa shape index (κ1) is 14.6. The molecule has 0 aromatic rings. The van der Waals surface area contributed by atoms with Crippen molar-refractivity contribution in [3.05, 3.63) is 0 Å². The van der Waals surface area contributed by atoms with E-state index in [1.54, 1.807) is 0 Å². The molecule has 2 aliphatic rings. The van der Waals surface area contributed by atoms with Crippen LogP contribution in [0.2, 0.25) is 0 Å². The molecule has 0 aliphatic carbocycles. The minimum absolute atomic E-state index is 0.185. The molecule has 0 saturated carbocycles. The number of amides is 2. The van der Waals surface area contributed by atoms with Crippen molar-refractivity contribution in [2.24, 2.45) is 11.7 Å². The Morgan fingerprint density at radius 3 is 2.53 bits per heavy atom. The Balaban J connectivity index is 1.98. The third-order valence-electron chi connectivity index (χ3n) is 4.85. The van der Waals surface area contributed by atoms with Gasteiger partial charge in [-0.05, 0) is 58.8 Å². The van der Waals surface area contributed by atoms with E-state index in [0.717, 1.165) is 26.1 Å². The van der Waals surface area contributed by atoms with Gasteiger partial charge in [-0.15, -0.1) is 0 Å². The highest BCUT2D eigenvalue weighted by Crippen LogP contribution is 2.29. The van der Waals surface area contributed by atoms with E-state index in [2.05, 4.69) is 18.9 Å². The van der Waals surface area contributed by atoms with E-state index in [1.807, 2.05) is 16.8 Å². The van der Waals surface area contributed by atoms with Crippen LogP contribution in [0.4, 0.5) is 4.79 Å². The monoisotopic (exact) mass is 268 g/mol. The average Bonchev–Trinajstić information content (AvgIpc) is 2.68. The third kappa shape index (κ3) is 3.03. The number of nitrogens with zero attached hydrogens (tertiary/aromatic N) is 3. The van der Waals surface area contributed by atoms with Gasteiger partial charge in [-0.1, -0.05) is 0 Å². The lowest BCUT2D eigenvalue weighted by molar-refractivity contribution is 0.150. The topological polar surface area (TPSA) is 52.8 Å². The lowest BCUT2D eigenvalue weighted by atomic mass is 9.89. The van der Waals surface area contributed by atoms with E-state index in [1.165, 1.54) is 12.8 Å². The number of likely N-dealkylation sites (tertiary alicyclic amines) is 1. The van der Waals surface area contributed by atoms with Gasteiger partial charge in [0.25, 0.3) is 0 Å². The van der Waals surface area contributed by atoms with Gasteiger partial charge < -0.3 is 20.4 Å². The molecule has 19 heavy (non-hydrogen) atoms. The quantitative estimate of drug-likeness (QED) is 0.820. The van der Waals surface area contributed by atoms with Crippen molar-refractivity contribution in [2.75, 3.05) is 40.3 Å². The van der Waals surface area contributed by atoms with Crippen LogP contribution < -0.4 is 5.73 Å². The van der Waals surface area contributed by atoms with Crippen LogP contribution >= 0.6 is 0 Å². The van der Waals surface area contributed by atoms with Crippen LogP contribution in [-0.4, -0.2) is 73.1 Å². The summed E-state index contributed by atoms with van der Waals surface area (Å²) in [7, 11) is 4.13. The second-order valence-electron chi connectivity index (χ2n) is 6.18. The first-order chi connectivity index (χ1) is 9.04. The van der Waals surface area contributed by atoms with E-state index in [9.17, 15) is 4.79 Å². The number of likely N-dealkylation sites (N-methyl/N-ethyl adjacent to an activating group) is 1. The minimum atomic E-state index is 0.185. The predicted molar refractivity (Wildman–Crippen MR) is 77.0 cm³/mol. The van der Waals surface area contributed by atoms with Gasteiger partial charge in [-0.3, -0.25) is 0 Å². The molecule has 2 fully saturated rings. The van der Waals surface area contributed by atoms with E-state index in [0.29, 0.717) is 18.5 Å². The molecule has 2 amide bonds. The Bertz CT molecular complexity index is 315. The molecule has 5 nitrogen and oxygen atoms in total. The molecule has 2 aliphatic heterocycles. The van der Waals surface area contributed by atoms with E-state index < -0.39 is 0 Å². The molecular formula is C14H28N4O. The molecule has 110 valence electrons. The summed E-state index contributed by atoms with van der Waals surface area (Å²) in [6, 6.07) is 0.836. The fraction of sp³-hybridized carbons (Fsp3) is 0.929. The number of piperidine rings is 1. The van der Waals surface area contributed by atoms with Crippen molar-refractivity contribution in [1.29, 1.82) is 0 Å². The maximum atomic E-state index is 12.3. The molecule has 5 heteroatoms. The van der Waals surface area contributed by atoms with Crippen molar-refractivity contribution in [2.45, 2.75) is 38.3 Å². The van der Waals surface area contributed by atoms with Crippen LogP contribution in [0, 0.1) is 5.92 Å². The normalized spacial score (nSPS) is 28.2. The number of carbonyl (C=O) groups is 1. The number of carbonyl (C=O) groups excluding carboxylic acids is 1. The second kappa shape index (κ2) is 6.09. The fourth-order valence-corrected chi connectivity index (χ4v) is 3.39. The Kier molecular flexibility index (Phi) is 4.68. The van der Waals surface area contributed by atoms with E-state index in [4.69, 9.17) is 5.73 Å². The molecule has 0 aromatic heterocycles. The largest absolute Gasteiger partial charge is 0.330 e. The maximum absolute atomic E-state index is 12.3. The van der Waals surface area contributed by atoms with Crippen molar-refractivity contribution >= 4 is 6.03 Å². The van der Waals surface area contributed by atoms with Crippen molar-refractivity contribution < 1.29 is 4.79 Å². The van der Waals surface area contributed by atoms with Gasteiger partial charge in [0.05, 0.1) is 6.04 Å². The van der Waals surface area contributed by atoms with Crippen molar-refractivity contribution in [3.8, 4) is 0 Å². The number of nitrogens with two attached hydrogens (primary N) is 1. The molecule has 0 aromatic carbocycles. The molecule has 2 N–H and O–H groups in total. The molecule has 0 bridgehead atoms. The van der Waals surface area contributed by atoms with Gasteiger partial charge in [0.2, 0.25) is 0 Å². The van der Waals surface area contributed by atoms with Crippen LogP contribution in [-0.2, 0) is 0 Å². The summed E-state index contributed by atoms with van der Waals surface area (Å²) in [5.41, 5.74) is 5.61. The predicted octanol–water partition coefficient (Wildman–Crippen LogP) is 0.802. The third-order valence-corrected chi connectivity index (χ3v) is 4.85. The van der Waals surface area contributed by atoms with Gasteiger partial charge in [-0.2, -0.15) is 0 Å². The number of hydrogen-bond donors (Lipinski definition) is 1. The molecular weight excluding hydrogens is 240 g/mol. The van der Waals surface area contributed by atoms with Crippen molar-refractivity contribution in [1.82, 2.24) is 14.7 Å². The number of hydrogen-bond acceptors (Lipinski definition) is 3. The van der Waals surface area contributed by atoms with Crippen LogP contribution in [0.3, 0.4) is 0 Å². The molecule has 2 heterocycles. The highest BCUT2D eigenvalue weighted by molar-refractivity contribution is 5.77. The first-order valence-electron chi connectivity index (χ1n) is 7.46. The summed E-state index contributed by atoms with van der Waals surface area (Å²) < 4.78 is 0. The Labute approximate surface area is 116 Å². The molecule has 2 unspecified atom stereocenters. The fourth-order valence-electron chi connectivity index (χ4n) is 3.39. The summed E-state index contributed by atoms with van der Waals surface area (Å²) >= 11 is 0. The minimum Gasteiger partial charge on any atom is -0.330 e. The van der Waals surface area contributed by atoms with Crippen LogP contribution in [0.1, 0.15) is 26.2 Å². The Morgan fingerprint density at radius 2 is 1.95 bits per heavy atom.